The Labute approximate surface area is 187 Å². The van der Waals surface area contributed by atoms with Crippen LogP contribution >= 0.6 is 0 Å². The molecule has 0 saturated carbocycles. The van der Waals surface area contributed by atoms with Gasteiger partial charge >= 0.3 is 0 Å². The summed E-state index contributed by atoms with van der Waals surface area (Å²) in [6, 6.07) is 11.1. The number of halogens is 1. The first kappa shape index (κ1) is 23.2. The molecule has 32 heavy (non-hydrogen) atoms. The van der Waals surface area contributed by atoms with Gasteiger partial charge in [0.1, 0.15) is 18.2 Å². The molecule has 0 aliphatic carbocycles. The molecule has 168 valence electrons. The minimum absolute atomic E-state index is 0.112. The van der Waals surface area contributed by atoms with Crippen LogP contribution in [0.4, 0.5) is 4.39 Å². The first-order valence-corrected chi connectivity index (χ1v) is 10.5. The fourth-order valence-corrected chi connectivity index (χ4v) is 3.71. The molecule has 0 spiro atoms. The number of ketones is 1. The maximum atomic E-state index is 13.5. The Morgan fingerprint density at radius 3 is 2.41 bits per heavy atom. The molecular weight excluding hydrogens is 411 g/mol. The number of quaternary nitrogens is 1. The summed E-state index contributed by atoms with van der Waals surface area (Å²) < 4.78 is 19.0. The van der Waals surface area contributed by atoms with E-state index in [9.17, 15) is 19.1 Å². The van der Waals surface area contributed by atoms with Crippen LogP contribution in [0.5, 0.6) is 5.75 Å². The van der Waals surface area contributed by atoms with Gasteiger partial charge in [0, 0.05) is 18.5 Å². The second kappa shape index (κ2) is 10.2. The van der Waals surface area contributed by atoms with E-state index < -0.39 is 29.3 Å². The van der Waals surface area contributed by atoms with E-state index in [1.54, 1.807) is 30.3 Å². The van der Waals surface area contributed by atoms with E-state index in [0.29, 0.717) is 30.9 Å². The Kier molecular flexibility index (Phi) is 7.43. The summed E-state index contributed by atoms with van der Waals surface area (Å²) in [6.45, 7) is 5.03. The van der Waals surface area contributed by atoms with Crippen molar-refractivity contribution in [3.8, 4) is 5.75 Å². The third kappa shape index (κ3) is 5.06. The van der Waals surface area contributed by atoms with Crippen molar-refractivity contribution in [1.82, 2.24) is 4.90 Å². The number of hydrogen-bond acceptors (Lipinski definition) is 4. The van der Waals surface area contributed by atoms with E-state index in [1.807, 2.05) is 14.1 Å². The summed E-state index contributed by atoms with van der Waals surface area (Å²) in [5.41, 5.74) is 0.689. The van der Waals surface area contributed by atoms with Gasteiger partial charge in [-0.05, 0) is 35.4 Å². The smallest absolute Gasteiger partial charge is 0.295 e. The van der Waals surface area contributed by atoms with Gasteiger partial charge in [0.05, 0.1) is 26.7 Å². The van der Waals surface area contributed by atoms with Crippen molar-refractivity contribution in [3.05, 3.63) is 83.7 Å². The van der Waals surface area contributed by atoms with Crippen molar-refractivity contribution in [1.29, 1.82) is 0 Å². The Balaban J connectivity index is 2.02. The lowest BCUT2D eigenvalue weighted by atomic mass is 9.95. The van der Waals surface area contributed by atoms with Gasteiger partial charge in [0.15, 0.2) is 0 Å². The van der Waals surface area contributed by atoms with Crippen LogP contribution in [-0.2, 0) is 9.59 Å². The molecule has 1 aliphatic rings. The zero-order valence-corrected chi connectivity index (χ0v) is 18.3. The average Bonchev–Trinajstić information content (AvgIpc) is 3.03. The molecule has 3 rings (SSSR count). The maximum Gasteiger partial charge on any atom is 0.295 e. The molecule has 1 atom stereocenters. The van der Waals surface area contributed by atoms with Crippen LogP contribution in [0.2, 0.25) is 0 Å². The van der Waals surface area contributed by atoms with E-state index >= 15 is 0 Å². The number of carbonyl (C=O) groups excluding carboxylic acids is 2. The largest absolute Gasteiger partial charge is 0.872 e. The number of rotatable bonds is 9. The van der Waals surface area contributed by atoms with Gasteiger partial charge in [-0.1, -0.05) is 42.7 Å². The molecular formula is C25H27FN2O4. The van der Waals surface area contributed by atoms with Crippen LogP contribution < -0.4 is 14.7 Å². The molecule has 1 saturated heterocycles. The summed E-state index contributed by atoms with van der Waals surface area (Å²) in [7, 11) is 4.00. The molecule has 1 amide bonds. The van der Waals surface area contributed by atoms with E-state index in [2.05, 4.69) is 6.58 Å². The molecule has 0 bridgehead atoms. The summed E-state index contributed by atoms with van der Waals surface area (Å²) in [5.74, 6) is -1.91. The fraction of sp³-hybridized carbons (Fsp3) is 0.280. The number of ether oxygens (including phenoxy) is 1. The minimum Gasteiger partial charge on any atom is -0.872 e. The summed E-state index contributed by atoms with van der Waals surface area (Å²) in [4.78, 5) is 28.4. The van der Waals surface area contributed by atoms with Gasteiger partial charge in [0.25, 0.3) is 5.91 Å². The Morgan fingerprint density at radius 2 is 1.81 bits per heavy atom. The zero-order chi connectivity index (χ0) is 23.3. The van der Waals surface area contributed by atoms with Crippen LogP contribution in [-0.4, -0.2) is 50.4 Å². The molecule has 1 heterocycles. The maximum absolute atomic E-state index is 13.5. The van der Waals surface area contributed by atoms with E-state index in [0.717, 1.165) is 6.54 Å². The quantitative estimate of drug-likeness (QED) is 0.276. The second-order valence-electron chi connectivity index (χ2n) is 7.96. The van der Waals surface area contributed by atoms with Crippen LogP contribution in [0.25, 0.3) is 5.76 Å². The Hall–Kier alpha value is -3.45. The molecule has 1 aliphatic heterocycles. The van der Waals surface area contributed by atoms with Gasteiger partial charge in [0.2, 0.25) is 5.78 Å². The van der Waals surface area contributed by atoms with Crippen molar-refractivity contribution in [2.75, 3.05) is 33.8 Å². The number of amides is 1. The number of carbonyl (C=O) groups is 2. The molecule has 1 fully saturated rings. The van der Waals surface area contributed by atoms with Crippen LogP contribution in [0.3, 0.4) is 0 Å². The molecule has 1 N–H and O–H groups in total. The first-order chi connectivity index (χ1) is 15.3. The normalized spacial score (nSPS) is 17.8. The second-order valence-corrected chi connectivity index (χ2v) is 7.96. The Bertz CT molecular complexity index is 1010. The van der Waals surface area contributed by atoms with Gasteiger partial charge in [-0.25, -0.2) is 4.39 Å². The standard InChI is InChI=1S/C25H27FN2O4/c1-4-16-32-20-12-8-18(9-13-20)23(29)21-22(17-6-10-19(26)11-7-17)28(25(31)24(21)30)15-5-14-27(2)3/h4,6-13,22,29H,1,5,14-16H2,2-3H3/b23-21+. The van der Waals surface area contributed by atoms with E-state index in [1.165, 1.54) is 34.1 Å². The first-order valence-electron chi connectivity index (χ1n) is 10.5. The van der Waals surface area contributed by atoms with Crippen molar-refractivity contribution < 1.29 is 28.7 Å². The van der Waals surface area contributed by atoms with Crippen molar-refractivity contribution >= 4 is 17.4 Å². The molecule has 7 heteroatoms. The lowest BCUT2D eigenvalue weighted by Crippen LogP contribution is -3.05. The van der Waals surface area contributed by atoms with Gasteiger partial charge in [-0.2, -0.15) is 0 Å². The molecule has 6 nitrogen and oxygen atoms in total. The Morgan fingerprint density at radius 1 is 1.16 bits per heavy atom. The van der Waals surface area contributed by atoms with Crippen LogP contribution in [0.1, 0.15) is 23.6 Å². The SMILES string of the molecule is C=CCOc1ccc(/C([O-])=C2\C(=O)C(=O)N(CCC[NH+](C)C)C2c2ccc(F)cc2)cc1. The lowest BCUT2D eigenvalue weighted by Gasteiger charge is -2.27. The summed E-state index contributed by atoms with van der Waals surface area (Å²) in [6.07, 6.45) is 2.27. The van der Waals surface area contributed by atoms with Crippen molar-refractivity contribution in [3.63, 3.8) is 0 Å². The topological polar surface area (TPSA) is 74.1 Å². The van der Waals surface area contributed by atoms with E-state index in [-0.39, 0.29) is 11.1 Å². The summed E-state index contributed by atoms with van der Waals surface area (Å²) in [5, 5.41) is 13.3. The highest BCUT2D eigenvalue weighted by molar-refractivity contribution is 6.46. The fourth-order valence-electron chi connectivity index (χ4n) is 3.71. The van der Waals surface area contributed by atoms with E-state index in [4.69, 9.17) is 4.74 Å². The number of nitrogens with one attached hydrogen (secondary N) is 1. The number of Topliss-reactive ketones (excluding diaryl/α,β-unsaturated/α-hetero) is 1. The van der Waals surface area contributed by atoms with Gasteiger partial charge in [-0.3, -0.25) is 9.59 Å². The number of benzene rings is 2. The molecule has 1 unspecified atom stereocenters. The summed E-state index contributed by atoms with van der Waals surface area (Å²) >= 11 is 0. The third-order valence-electron chi connectivity index (χ3n) is 5.28. The highest BCUT2D eigenvalue weighted by atomic mass is 19.1. The monoisotopic (exact) mass is 438 g/mol. The molecule has 2 aromatic rings. The molecule has 2 aromatic carbocycles. The number of hydrogen-bond donors (Lipinski definition) is 1. The lowest BCUT2D eigenvalue weighted by molar-refractivity contribution is -0.858. The van der Waals surface area contributed by atoms with Gasteiger partial charge < -0.3 is 19.6 Å². The highest BCUT2D eigenvalue weighted by Gasteiger charge is 2.43. The van der Waals surface area contributed by atoms with Crippen LogP contribution in [0.15, 0.2) is 66.8 Å². The predicted molar refractivity (Wildman–Crippen MR) is 117 cm³/mol. The van der Waals surface area contributed by atoms with Crippen molar-refractivity contribution in [2.45, 2.75) is 12.5 Å². The third-order valence-corrected chi connectivity index (χ3v) is 5.28. The van der Waals surface area contributed by atoms with Gasteiger partial charge in [-0.15, -0.1) is 0 Å². The highest BCUT2D eigenvalue weighted by Crippen LogP contribution is 2.38. The van der Waals surface area contributed by atoms with Crippen LogP contribution in [0, 0.1) is 5.82 Å². The predicted octanol–water partition coefficient (Wildman–Crippen LogP) is 1.15. The number of nitrogens with zero attached hydrogens (tertiary/aromatic N) is 1. The zero-order valence-electron chi connectivity index (χ0n) is 18.3. The average molecular weight is 438 g/mol. The number of likely N-dealkylation sites (tertiary alicyclic amines) is 1. The molecule has 0 radical (unpaired) electrons. The minimum atomic E-state index is -0.850. The van der Waals surface area contributed by atoms with Crippen molar-refractivity contribution in [2.24, 2.45) is 0 Å². The molecule has 0 aromatic heterocycles.